The van der Waals surface area contributed by atoms with Crippen LogP contribution in [0.15, 0.2) is 35.1 Å². The predicted molar refractivity (Wildman–Crippen MR) is 95.5 cm³/mol. The van der Waals surface area contributed by atoms with E-state index in [0.29, 0.717) is 18.7 Å². The molecule has 0 aliphatic heterocycles. The van der Waals surface area contributed by atoms with Crippen LogP contribution < -0.4 is 16.0 Å². The summed E-state index contributed by atoms with van der Waals surface area (Å²) in [5, 5.41) is 23.7. The largest absolute Gasteiger partial charge is 0.483 e. The monoisotopic (exact) mass is 411 g/mol. The molecule has 0 radical (unpaired) electrons. The number of benzene rings is 1. The van der Waals surface area contributed by atoms with Crippen LogP contribution >= 0.6 is 11.6 Å². The van der Waals surface area contributed by atoms with E-state index < -0.39 is 23.9 Å². The van der Waals surface area contributed by atoms with E-state index in [1.54, 1.807) is 12.1 Å². The lowest BCUT2D eigenvalue weighted by Gasteiger charge is -2.19. The van der Waals surface area contributed by atoms with Crippen LogP contribution in [0.4, 0.5) is 4.39 Å². The Hall–Kier alpha value is -3.42. The van der Waals surface area contributed by atoms with Gasteiger partial charge in [0.15, 0.2) is 0 Å². The second-order valence-electron chi connectivity index (χ2n) is 5.14. The van der Waals surface area contributed by atoms with Crippen LogP contribution in [0.3, 0.4) is 0 Å². The van der Waals surface area contributed by atoms with Gasteiger partial charge in [0.05, 0.1) is 16.3 Å². The average molecular weight is 412 g/mol. The van der Waals surface area contributed by atoms with Gasteiger partial charge in [0, 0.05) is 18.6 Å². The number of nitrogens with two attached hydrogens (primary N) is 1. The van der Waals surface area contributed by atoms with E-state index in [1.807, 2.05) is 6.07 Å². The Morgan fingerprint density at radius 1 is 1.32 bits per heavy atom. The molecule has 1 aromatic carbocycles. The number of hydrogen-bond donors (Lipinski definition) is 4. The van der Waals surface area contributed by atoms with Gasteiger partial charge in [0.25, 0.3) is 0 Å². The fourth-order valence-electron chi connectivity index (χ4n) is 1.95. The summed E-state index contributed by atoms with van der Waals surface area (Å²) in [6, 6.07) is 8.73. The summed E-state index contributed by atoms with van der Waals surface area (Å²) < 4.78 is 19.1. The Balaban J connectivity index is 0.000000568. The summed E-state index contributed by atoms with van der Waals surface area (Å²) in [6.45, 7) is 0.304. The van der Waals surface area contributed by atoms with Crippen LogP contribution in [-0.4, -0.2) is 33.7 Å². The van der Waals surface area contributed by atoms with Gasteiger partial charge in [-0.2, -0.15) is 5.26 Å². The molecule has 148 valence electrons. The van der Waals surface area contributed by atoms with Crippen molar-refractivity contribution in [3.05, 3.63) is 62.8 Å². The first kappa shape index (κ1) is 22.6. The number of nitrogens with zero attached hydrogens (tertiary/aromatic N) is 1. The molecule has 0 aliphatic rings. The number of carboxylic acid groups (broad SMARTS) is 2. The van der Waals surface area contributed by atoms with E-state index in [4.69, 9.17) is 47.1 Å². The Kier molecular flexibility index (Phi) is 8.61. The number of ether oxygens (including phenoxy) is 1. The molecular formula is C17H15ClFN3O6. The highest BCUT2D eigenvalue weighted by atomic mass is 35.5. The lowest BCUT2D eigenvalue weighted by atomic mass is 10.1. The van der Waals surface area contributed by atoms with Gasteiger partial charge >= 0.3 is 11.9 Å². The van der Waals surface area contributed by atoms with Gasteiger partial charge in [-0.25, -0.2) is 14.0 Å². The minimum Gasteiger partial charge on any atom is -0.483 e. The van der Waals surface area contributed by atoms with Gasteiger partial charge in [0.1, 0.15) is 23.7 Å². The van der Waals surface area contributed by atoms with Crippen LogP contribution in [0.1, 0.15) is 23.8 Å². The third kappa shape index (κ3) is 6.71. The van der Waals surface area contributed by atoms with E-state index in [1.165, 1.54) is 12.1 Å². The van der Waals surface area contributed by atoms with Crippen molar-refractivity contribution in [2.75, 3.05) is 6.54 Å². The van der Waals surface area contributed by atoms with E-state index in [9.17, 15) is 9.18 Å². The fraction of sp³-hybridized carbons (Fsp3) is 0.176. The molecule has 11 heteroatoms. The van der Waals surface area contributed by atoms with E-state index in [2.05, 4.69) is 4.98 Å². The molecule has 0 amide bonds. The molecule has 0 saturated heterocycles. The quantitative estimate of drug-likeness (QED) is 0.539. The van der Waals surface area contributed by atoms with Gasteiger partial charge < -0.3 is 25.7 Å². The van der Waals surface area contributed by atoms with Crippen LogP contribution in [0.2, 0.25) is 5.02 Å². The van der Waals surface area contributed by atoms with Crippen molar-refractivity contribution in [1.29, 1.82) is 5.26 Å². The Bertz CT molecular complexity index is 945. The van der Waals surface area contributed by atoms with Crippen molar-refractivity contribution in [1.82, 2.24) is 4.98 Å². The standard InChI is InChI=1S/C15H13ClFN3O2.C2H2O4/c16-10-7-14(9(8-19)6-11(10)17)22-13(4-5-18)12-2-1-3-15(21)20-12;3-1(4)2(5)6/h1-3,6-7,13H,4-5,18H2,(H,20,21);(H,3,4)(H,5,6). The zero-order chi connectivity index (χ0) is 21.3. The van der Waals surface area contributed by atoms with Gasteiger partial charge in [-0.3, -0.25) is 4.79 Å². The Labute approximate surface area is 162 Å². The van der Waals surface area contributed by atoms with E-state index in [0.717, 1.165) is 6.07 Å². The summed E-state index contributed by atoms with van der Waals surface area (Å²) in [5.41, 5.74) is 5.81. The molecule has 28 heavy (non-hydrogen) atoms. The number of aromatic amines is 1. The molecule has 1 unspecified atom stereocenters. The van der Waals surface area contributed by atoms with Crippen molar-refractivity contribution in [3.8, 4) is 11.8 Å². The van der Waals surface area contributed by atoms with E-state index in [-0.39, 0.29) is 21.9 Å². The number of H-pyrrole nitrogens is 1. The summed E-state index contributed by atoms with van der Waals surface area (Å²) in [6.07, 6.45) is -0.174. The molecule has 9 nitrogen and oxygen atoms in total. The van der Waals surface area contributed by atoms with Gasteiger partial charge in [-0.05, 0) is 18.7 Å². The van der Waals surface area contributed by atoms with Crippen molar-refractivity contribution in [3.63, 3.8) is 0 Å². The van der Waals surface area contributed by atoms with E-state index >= 15 is 0 Å². The molecule has 1 aromatic heterocycles. The smallest absolute Gasteiger partial charge is 0.414 e. The molecule has 1 atom stereocenters. The molecule has 5 N–H and O–H groups in total. The molecule has 2 aromatic rings. The zero-order valence-electron chi connectivity index (χ0n) is 14.2. The van der Waals surface area contributed by atoms with Crippen LogP contribution in [0, 0.1) is 17.1 Å². The zero-order valence-corrected chi connectivity index (χ0v) is 14.9. The number of carboxylic acids is 2. The van der Waals surface area contributed by atoms with Crippen LogP contribution in [0.25, 0.3) is 0 Å². The van der Waals surface area contributed by atoms with Crippen LogP contribution in [-0.2, 0) is 9.59 Å². The average Bonchev–Trinajstić information content (AvgIpc) is 2.64. The molecule has 0 fully saturated rings. The molecule has 1 heterocycles. The lowest BCUT2D eigenvalue weighted by molar-refractivity contribution is -0.159. The molecule has 2 rings (SSSR count). The maximum atomic E-state index is 13.4. The molecule has 0 bridgehead atoms. The first-order valence-corrected chi connectivity index (χ1v) is 7.98. The number of pyridine rings is 1. The first-order chi connectivity index (χ1) is 13.2. The lowest BCUT2D eigenvalue weighted by Crippen LogP contribution is -2.18. The number of carbonyl (C=O) groups is 2. The molecule has 0 spiro atoms. The Morgan fingerprint density at radius 3 is 2.46 bits per heavy atom. The third-order valence-corrected chi connectivity index (χ3v) is 3.45. The number of aromatic nitrogens is 1. The number of nitrogens with one attached hydrogen (secondary N) is 1. The summed E-state index contributed by atoms with van der Waals surface area (Å²) >= 11 is 5.73. The van der Waals surface area contributed by atoms with Gasteiger partial charge in [-0.1, -0.05) is 17.7 Å². The van der Waals surface area contributed by atoms with Crippen molar-refractivity contribution < 1.29 is 28.9 Å². The number of halogens is 2. The third-order valence-electron chi connectivity index (χ3n) is 3.16. The summed E-state index contributed by atoms with van der Waals surface area (Å²) in [4.78, 5) is 32.3. The summed E-state index contributed by atoms with van der Waals surface area (Å²) in [7, 11) is 0. The highest BCUT2D eigenvalue weighted by Gasteiger charge is 2.17. The maximum absolute atomic E-state index is 13.4. The summed E-state index contributed by atoms with van der Waals surface area (Å²) in [5.74, 6) is -4.21. The number of aliphatic carboxylic acids is 2. The number of rotatable bonds is 5. The van der Waals surface area contributed by atoms with Gasteiger partial charge in [0.2, 0.25) is 5.56 Å². The van der Waals surface area contributed by atoms with Crippen LogP contribution in [0.5, 0.6) is 5.75 Å². The number of hydrogen-bond acceptors (Lipinski definition) is 6. The minimum atomic E-state index is -1.82. The normalized spacial score (nSPS) is 10.8. The minimum absolute atomic E-state index is 0.0159. The SMILES string of the molecule is N#Cc1cc(F)c(Cl)cc1OC(CCN)c1cccc(=O)[nH]1.O=C(O)C(=O)O. The molecule has 0 saturated carbocycles. The van der Waals surface area contributed by atoms with Crippen molar-refractivity contribution in [2.24, 2.45) is 5.73 Å². The maximum Gasteiger partial charge on any atom is 0.414 e. The Morgan fingerprint density at radius 2 is 1.96 bits per heavy atom. The predicted octanol–water partition coefficient (Wildman–Crippen LogP) is 1.66. The molecule has 0 aliphatic carbocycles. The molecular weight excluding hydrogens is 397 g/mol. The van der Waals surface area contributed by atoms with Gasteiger partial charge in [-0.15, -0.1) is 0 Å². The topological polar surface area (TPSA) is 166 Å². The second kappa shape index (κ2) is 10.7. The van der Waals surface area contributed by atoms with Crippen molar-refractivity contribution >= 4 is 23.5 Å². The first-order valence-electron chi connectivity index (χ1n) is 7.60. The fourth-order valence-corrected chi connectivity index (χ4v) is 2.10. The highest BCUT2D eigenvalue weighted by molar-refractivity contribution is 6.30. The highest BCUT2D eigenvalue weighted by Crippen LogP contribution is 2.30. The number of nitriles is 1. The second-order valence-corrected chi connectivity index (χ2v) is 5.55. The van der Waals surface area contributed by atoms with Crippen molar-refractivity contribution in [2.45, 2.75) is 12.5 Å².